The molecule has 2 aromatic rings. The Labute approximate surface area is 119 Å². The molecule has 0 saturated heterocycles. The van der Waals surface area contributed by atoms with Crippen molar-refractivity contribution in [1.82, 2.24) is 4.98 Å². The third kappa shape index (κ3) is 2.66. The lowest BCUT2D eigenvalue weighted by Crippen LogP contribution is -2.15. The number of hydrogen-bond donors (Lipinski definition) is 1. The van der Waals surface area contributed by atoms with Crippen LogP contribution in [0.5, 0.6) is 11.5 Å². The summed E-state index contributed by atoms with van der Waals surface area (Å²) in [6, 6.07) is 7.81. The van der Waals surface area contributed by atoms with Crippen LogP contribution in [0, 0.1) is 6.92 Å². The summed E-state index contributed by atoms with van der Waals surface area (Å²) in [5, 5.41) is 3.28. The number of hydrogen-bond acceptors (Lipinski definition) is 4. The van der Waals surface area contributed by atoms with Gasteiger partial charge in [-0.05, 0) is 46.6 Å². The number of halogens is 1. The molecule has 1 N–H and O–H groups in total. The topological polar surface area (TPSA) is 43.4 Å². The highest BCUT2D eigenvalue weighted by Gasteiger charge is 2.12. The zero-order chi connectivity index (χ0) is 13.2. The minimum absolute atomic E-state index is 0.589. The third-order valence-electron chi connectivity index (χ3n) is 2.85. The van der Waals surface area contributed by atoms with Gasteiger partial charge in [-0.25, -0.2) is 4.98 Å². The summed E-state index contributed by atoms with van der Waals surface area (Å²) in [5.41, 5.74) is 2.01. The number of benzene rings is 1. The van der Waals surface area contributed by atoms with Crippen LogP contribution in [0.4, 0.5) is 11.5 Å². The molecule has 5 heteroatoms. The van der Waals surface area contributed by atoms with Gasteiger partial charge >= 0.3 is 0 Å². The van der Waals surface area contributed by atoms with E-state index in [4.69, 9.17) is 9.47 Å². The van der Waals surface area contributed by atoms with E-state index in [1.807, 2.05) is 31.2 Å². The Morgan fingerprint density at radius 1 is 1.16 bits per heavy atom. The van der Waals surface area contributed by atoms with Crippen molar-refractivity contribution in [3.63, 3.8) is 0 Å². The molecule has 0 spiro atoms. The zero-order valence-electron chi connectivity index (χ0n) is 10.4. The SMILES string of the molecule is Cc1cc(Br)cnc1Nc1ccc2c(c1)OCCO2. The van der Waals surface area contributed by atoms with Gasteiger partial charge in [0.15, 0.2) is 11.5 Å². The standard InChI is InChI=1S/C14H13BrN2O2/c1-9-6-10(15)8-16-14(9)17-11-2-3-12-13(7-11)19-5-4-18-12/h2-3,6-8H,4-5H2,1H3,(H,16,17). The van der Waals surface area contributed by atoms with Gasteiger partial charge in [0.25, 0.3) is 0 Å². The number of aryl methyl sites for hydroxylation is 1. The van der Waals surface area contributed by atoms with Crippen LogP contribution in [-0.4, -0.2) is 18.2 Å². The highest BCUT2D eigenvalue weighted by Crippen LogP contribution is 2.33. The first-order valence-corrected chi connectivity index (χ1v) is 6.80. The average Bonchev–Trinajstić information content (AvgIpc) is 2.42. The molecule has 0 fully saturated rings. The molecule has 0 saturated carbocycles. The lowest BCUT2D eigenvalue weighted by molar-refractivity contribution is 0.171. The zero-order valence-corrected chi connectivity index (χ0v) is 12.0. The number of aromatic nitrogens is 1. The van der Waals surface area contributed by atoms with Crippen LogP contribution < -0.4 is 14.8 Å². The second-order valence-electron chi connectivity index (χ2n) is 4.30. The van der Waals surface area contributed by atoms with Crippen LogP contribution in [0.1, 0.15) is 5.56 Å². The van der Waals surface area contributed by atoms with Crippen LogP contribution in [0.25, 0.3) is 0 Å². The molecule has 98 valence electrons. The largest absolute Gasteiger partial charge is 0.486 e. The summed E-state index contributed by atoms with van der Waals surface area (Å²) in [6.45, 7) is 3.21. The van der Waals surface area contributed by atoms with Crippen LogP contribution >= 0.6 is 15.9 Å². The molecule has 0 aliphatic carbocycles. The number of fused-ring (bicyclic) bond motifs is 1. The van der Waals surface area contributed by atoms with E-state index in [1.165, 1.54) is 0 Å². The molecule has 4 nitrogen and oxygen atoms in total. The number of pyridine rings is 1. The Morgan fingerprint density at radius 2 is 1.95 bits per heavy atom. The third-order valence-corrected chi connectivity index (χ3v) is 3.28. The maximum Gasteiger partial charge on any atom is 0.163 e. The summed E-state index contributed by atoms with van der Waals surface area (Å²) in [6.07, 6.45) is 1.77. The highest BCUT2D eigenvalue weighted by molar-refractivity contribution is 9.10. The van der Waals surface area contributed by atoms with E-state index in [0.29, 0.717) is 13.2 Å². The van der Waals surface area contributed by atoms with Gasteiger partial charge in [0.2, 0.25) is 0 Å². The predicted octanol–water partition coefficient (Wildman–Crippen LogP) is 3.67. The second-order valence-corrected chi connectivity index (χ2v) is 5.22. The van der Waals surface area contributed by atoms with Crippen molar-refractivity contribution in [3.8, 4) is 11.5 Å². The molecule has 0 radical (unpaired) electrons. The second kappa shape index (κ2) is 5.09. The van der Waals surface area contributed by atoms with Crippen molar-refractivity contribution in [2.75, 3.05) is 18.5 Å². The minimum atomic E-state index is 0.589. The Balaban J connectivity index is 1.87. The number of nitrogens with zero attached hydrogens (tertiary/aromatic N) is 1. The number of anilines is 2. The smallest absolute Gasteiger partial charge is 0.163 e. The number of rotatable bonds is 2. The van der Waals surface area contributed by atoms with E-state index in [2.05, 4.69) is 26.2 Å². The van der Waals surface area contributed by atoms with Gasteiger partial charge in [-0.1, -0.05) is 0 Å². The molecule has 1 aromatic carbocycles. The van der Waals surface area contributed by atoms with Gasteiger partial charge in [0.05, 0.1) is 0 Å². The van der Waals surface area contributed by atoms with Gasteiger partial charge in [-0.3, -0.25) is 0 Å². The molecule has 3 rings (SSSR count). The quantitative estimate of drug-likeness (QED) is 0.916. The normalized spacial score (nSPS) is 13.2. The van der Waals surface area contributed by atoms with Crippen molar-refractivity contribution < 1.29 is 9.47 Å². The maximum atomic E-state index is 5.56. The summed E-state index contributed by atoms with van der Waals surface area (Å²) < 4.78 is 12.0. The molecule has 0 atom stereocenters. The monoisotopic (exact) mass is 320 g/mol. The Bertz CT molecular complexity index is 616. The van der Waals surface area contributed by atoms with E-state index >= 15 is 0 Å². The van der Waals surface area contributed by atoms with Gasteiger partial charge in [0.1, 0.15) is 19.0 Å². The molecule has 0 unspecified atom stereocenters. The van der Waals surface area contributed by atoms with Crippen LogP contribution in [0.3, 0.4) is 0 Å². The van der Waals surface area contributed by atoms with Crippen molar-refractivity contribution in [3.05, 3.63) is 40.5 Å². The Hall–Kier alpha value is -1.75. The van der Waals surface area contributed by atoms with Gasteiger partial charge in [-0.2, -0.15) is 0 Å². The van der Waals surface area contributed by atoms with E-state index < -0.39 is 0 Å². The molecule has 1 aliphatic rings. The average molecular weight is 321 g/mol. The molecule has 1 aromatic heterocycles. The lowest BCUT2D eigenvalue weighted by atomic mass is 10.2. The highest BCUT2D eigenvalue weighted by atomic mass is 79.9. The Morgan fingerprint density at radius 3 is 2.74 bits per heavy atom. The summed E-state index contributed by atoms with van der Waals surface area (Å²) >= 11 is 3.40. The Kier molecular flexibility index (Phi) is 3.29. The number of ether oxygens (including phenoxy) is 2. The van der Waals surface area contributed by atoms with Crippen LogP contribution in [-0.2, 0) is 0 Å². The van der Waals surface area contributed by atoms with E-state index in [0.717, 1.165) is 33.0 Å². The van der Waals surface area contributed by atoms with E-state index in [9.17, 15) is 0 Å². The van der Waals surface area contributed by atoms with Gasteiger partial charge < -0.3 is 14.8 Å². The number of nitrogens with one attached hydrogen (secondary N) is 1. The summed E-state index contributed by atoms with van der Waals surface area (Å²) in [4.78, 5) is 4.36. The molecular formula is C14H13BrN2O2. The van der Waals surface area contributed by atoms with Crippen molar-refractivity contribution in [2.24, 2.45) is 0 Å². The van der Waals surface area contributed by atoms with Crippen molar-refractivity contribution >= 4 is 27.4 Å². The fourth-order valence-corrected chi connectivity index (χ4v) is 2.37. The predicted molar refractivity (Wildman–Crippen MR) is 77.4 cm³/mol. The minimum Gasteiger partial charge on any atom is -0.486 e. The molecule has 0 bridgehead atoms. The molecule has 0 amide bonds. The molecular weight excluding hydrogens is 308 g/mol. The molecule has 19 heavy (non-hydrogen) atoms. The molecule has 1 aliphatic heterocycles. The van der Waals surface area contributed by atoms with Crippen LogP contribution in [0.2, 0.25) is 0 Å². The summed E-state index contributed by atoms with van der Waals surface area (Å²) in [7, 11) is 0. The first-order chi connectivity index (χ1) is 9.22. The van der Waals surface area contributed by atoms with Crippen LogP contribution in [0.15, 0.2) is 34.9 Å². The maximum absolute atomic E-state index is 5.56. The van der Waals surface area contributed by atoms with Gasteiger partial charge in [-0.15, -0.1) is 0 Å². The van der Waals surface area contributed by atoms with E-state index in [-0.39, 0.29) is 0 Å². The lowest BCUT2D eigenvalue weighted by Gasteiger charge is -2.19. The first kappa shape index (κ1) is 12.3. The van der Waals surface area contributed by atoms with E-state index in [1.54, 1.807) is 6.20 Å². The first-order valence-electron chi connectivity index (χ1n) is 6.01. The van der Waals surface area contributed by atoms with Gasteiger partial charge in [0, 0.05) is 22.4 Å². The van der Waals surface area contributed by atoms with Crippen molar-refractivity contribution in [2.45, 2.75) is 6.92 Å². The summed E-state index contributed by atoms with van der Waals surface area (Å²) in [5.74, 6) is 2.39. The molecule has 2 heterocycles. The fraction of sp³-hybridized carbons (Fsp3) is 0.214. The van der Waals surface area contributed by atoms with Crippen molar-refractivity contribution in [1.29, 1.82) is 0 Å². The fourth-order valence-electron chi connectivity index (χ4n) is 1.93.